The van der Waals surface area contributed by atoms with Gasteiger partial charge in [0.2, 0.25) is 0 Å². The van der Waals surface area contributed by atoms with Crippen molar-refractivity contribution in [1.29, 1.82) is 0 Å². The zero-order chi connectivity index (χ0) is 15.4. The Morgan fingerprint density at radius 2 is 1.95 bits per heavy atom. The van der Waals surface area contributed by atoms with E-state index in [1.807, 2.05) is 56.1 Å². The Hall–Kier alpha value is -2.56. The summed E-state index contributed by atoms with van der Waals surface area (Å²) in [5.41, 5.74) is 3.78. The first-order valence-electron chi connectivity index (χ1n) is 6.85. The molecule has 2 aromatic carbocycles. The Labute approximate surface area is 124 Å². The lowest BCUT2D eigenvalue weighted by Gasteiger charge is -2.22. The summed E-state index contributed by atoms with van der Waals surface area (Å²) >= 11 is 0. The van der Waals surface area contributed by atoms with Crippen LogP contribution in [0.1, 0.15) is 12.5 Å². The fourth-order valence-corrected chi connectivity index (χ4v) is 2.28. The molecular formula is C16H19N3O2. The van der Waals surface area contributed by atoms with E-state index in [0.29, 0.717) is 6.54 Å². The number of aryl methyl sites for hydroxylation is 1. The van der Waals surface area contributed by atoms with Crippen LogP contribution in [0.5, 0.6) is 0 Å². The van der Waals surface area contributed by atoms with Crippen LogP contribution in [-0.2, 0) is 0 Å². The van der Waals surface area contributed by atoms with Crippen LogP contribution in [-0.4, -0.2) is 18.5 Å². The van der Waals surface area contributed by atoms with Crippen LogP contribution >= 0.6 is 0 Å². The Balaban J connectivity index is 2.47. The normalized spacial score (nSPS) is 10.2. The van der Waals surface area contributed by atoms with Gasteiger partial charge in [0.15, 0.2) is 0 Å². The van der Waals surface area contributed by atoms with Gasteiger partial charge in [0.25, 0.3) is 5.69 Å². The molecule has 0 aliphatic rings. The summed E-state index contributed by atoms with van der Waals surface area (Å²) in [6.45, 7) is 4.70. The second-order valence-electron chi connectivity index (χ2n) is 4.87. The summed E-state index contributed by atoms with van der Waals surface area (Å²) in [6, 6.07) is 13.0. The zero-order valence-corrected chi connectivity index (χ0v) is 12.5. The predicted molar refractivity (Wildman–Crippen MR) is 86.5 cm³/mol. The lowest BCUT2D eigenvalue weighted by molar-refractivity contribution is -0.384. The molecule has 5 nitrogen and oxygen atoms in total. The summed E-state index contributed by atoms with van der Waals surface area (Å²) < 4.78 is 0. The molecule has 0 aliphatic heterocycles. The number of nitro groups is 1. The molecule has 2 aromatic rings. The van der Waals surface area contributed by atoms with Gasteiger partial charge in [0, 0.05) is 42.8 Å². The molecule has 0 radical (unpaired) electrons. The third kappa shape index (κ3) is 3.31. The Morgan fingerprint density at radius 3 is 2.57 bits per heavy atom. The first kappa shape index (κ1) is 14.8. The topological polar surface area (TPSA) is 58.4 Å². The largest absolute Gasteiger partial charge is 0.385 e. The number of non-ortho nitro benzene ring substituents is 1. The van der Waals surface area contributed by atoms with Gasteiger partial charge in [-0.3, -0.25) is 10.1 Å². The highest BCUT2D eigenvalue weighted by Gasteiger charge is 2.14. The standard InChI is InChI=1S/C16H19N3O2/c1-4-17-13-9-14(11-15(10-13)19(20)21)18(3)16-8-6-5-7-12(16)2/h5-11,17H,4H2,1-3H3. The number of nitrogens with zero attached hydrogens (tertiary/aromatic N) is 2. The van der Waals surface area contributed by atoms with Crippen LogP contribution in [0, 0.1) is 17.0 Å². The fourth-order valence-electron chi connectivity index (χ4n) is 2.28. The van der Waals surface area contributed by atoms with Crippen LogP contribution in [0.4, 0.5) is 22.7 Å². The predicted octanol–water partition coefficient (Wildman–Crippen LogP) is 4.10. The molecule has 1 N–H and O–H groups in total. The first-order valence-corrected chi connectivity index (χ1v) is 6.85. The molecule has 0 amide bonds. The highest BCUT2D eigenvalue weighted by Crippen LogP contribution is 2.32. The van der Waals surface area contributed by atoms with Gasteiger partial charge in [-0.25, -0.2) is 0 Å². The number of anilines is 3. The van der Waals surface area contributed by atoms with Crippen molar-refractivity contribution in [3.8, 4) is 0 Å². The number of nitrogens with one attached hydrogen (secondary N) is 1. The second-order valence-corrected chi connectivity index (χ2v) is 4.87. The highest BCUT2D eigenvalue weighted by molar-refractivity contribution is 5.71. The van der Waals surface area contributed by atoms with Crippen molar-refractivity contribution in [2.24, 2.45) is 0 Å². The van der Waals surface area contributed by atoms with Crippen LogP contribution in [0.15, 0.2) is 42.5 Å². The molecule has 0 saturated heterocycles. The van der Waals surface area contributed by atoms with Gasteiger partial charge in [-0.15, -0.1) is 0 Å². The third-order valence-electron chi connectivity index (χ3n) is 3.36. The van der Waals surface area contributed by atoms with Crippen molar-refractivity contribution in [3.05, 3.63) is 58.1 Å². The molecule has 0 spiro atoms. The van der Waals surface area contributed by atoms with E-state index in [4.69, 9.17) is 0 Å². The monoisotopic (exact) mass is 285 g/mol. The maximum absolute atomic E-state index is 11.1. The van der Waals surface area contributed by atoms with Crippen LogP contribution < -0.4 is 10.2 Å². The quantitative estimate of drug-likeness (QED) is 0.663. The molecule has 2 rings (SSSR count). The van der Waals surface area contributed by atoms with Crippen molar-refractivity contribution in [1.82, 2.24) is 0 Å². The summed E-state index contributed by atoms with van der Waals surface area (Å²) in [5.74, 6) is 0. The molecule has 5 heteroatoms. The summed E-state index contributed by atoms with van der Waals surface area (Å²) in [6.07, 6.45) is 0. The van der Waals surface area contributed by atoms with Gasteiger partial charge < -0.3 is 10.2 Å². The zero-order valence-electron chi connectivity index (χ0n) is 12.5. The Kier molecular flexibility index (Phi) is 4.42. The molecule has 0 aromatic heterocycles. The van der Waals surface area contributed by atoms with Crippen molar-refractivity contribution in [3.63, 3.8) is 0 Å². The molecule has 21 heavy (non-hydrogen) atoms. The minimum atomic E-state index is -0.365. The van der Waals surface area contributed by atoms with E-state index < -0.39 is 0 Å². The van der Waals surface area contributed by atoms with E-state index in [2.05, 4.69) is 5.32 Å². The minimum absolute atomic E-state index is 0.0869. The van der Waals surface area contributed by atoms with Gasteiger partial charge in [-0.05, 0) is 31.5 Å². The summed E-state index contributed by atoms with van der Waals surface area (Å²) in [4.78, 5) is 12.7. The van der Waals surface area contributed by atoms with Crippen LogP contribution in [0.2, 0.25) is 0 Å². The van der Waals surface area contributed by atoms with Gasteiger partial charge in [-0.2, -0.15) is 0 Å². The third-order valence-corrected chi connectivity index (χ3v) is 3.36. The number of nitro benzene ring substituents is 1. The number of para-hydroxylation sites is 1. The van der Waals surface area contributed by atoms with E-state index in [-0.39, 0.29) is 10.6 Å². The molecule has 0 unspecified atom stereocenters. The number of rotatable bonds is 5. The van der Waals surface area contributed by atoms with Gasteiger partial charge in [0.05, 0.1) is 4.92 Å². The SMILES string of the molecule is CCNc1cc(N(C)c2ccccc2C)cc([N+](=O)[O-])c1. The number of hydrogen-bond acceptors (Lipinski definition) is 4. The Bertz CT molecular complexity index is 656. The molecule has 0 aliphatic carbocycles. The molecule has 0 heterocycles. The number of hydrogen-bond donors (Lipinski definition) is 1. The van der Waals surface area contributed by atoms with Crippen molar-refractivity contribution in [2.45, 2.75) is 13.8 Å². The molecule has 0 saturated carbocycles. The van der Waals surface area contributed by atoms with E-state index in [1.165, 1.54) is 0 Å². The summed E-state index contributed by atoms with van der Waals surface area (Å²) in [7, 11) is 1.91. The van der Waals surface area contributed by atoms with Gasteiger partial charge in [-0.1, -0.05) is 18.2 Å². The molecular weight excluding hydrogens is 266 g/mol. The van der Waals surface area contributed by atoms with E-state index in [1.54, 1.807) is 12.1 Å². The second kappa shape index (κ2) is 6.26. The smallest absolute Gasteiger partial charge is 0.273 e. The van der Waals surface area contributed by atoms with Gasteiger partial charge >= 0.3 is 0 Å². The van der Waals surface area contributed by atoms with E-state index in [9.17, 15) is 10.1 Å². The van der Waals surface area contributed by atoms with Crippen molar-refractivity contribution in [2.75, 3.05) is 23.8 Å². The van der Waals surface area contributed by atoms with E-state index in [0.717, 1.165) is 22.6 Å². The maximum atomic E-state index is 11.1. The average molecular weight is 285 g/mol. The van der Waals surface area contributed by atoms with Crippen LogP contribution in [0.25, 0.3) is 0 Å². The Morgan fingerprint density at radius 1 is 1.24 bits per heavy atom. The van der Waals surface area contributed by atoms with Crippen molar-refractivity contribution < 1.29 is 4.92 Å². The summed E-state index contributed by atoms with van der Waals surface area (Å²) in [5, 5.41) is 14.2. The molecule has 0 atom stereocenters. The number of benzene rings is 2. The minimum Gasteiger partial charge on any atom is -0.385 e. The van der Waals surface area contributed by atoms with E-state index >= 15 is 0 Å². The average Bonchev–Trinajstić information content (AvgIpc) is 2.47. The molecule has 0 bridgehead atoms. The highest BCUT2D eigenvalue weighted by atomic mass is 16.6. The lowest BCUT2D eigenvalue weighted by Crippen LogP contribution is -2.11. The lowest BCUT2D eigenvalue weighted by atomic mass is 10.1. The van der Waals surface area contributed by atoms with Crippen LogP contribution in [0.3, 0.4) is 0 Å². The maximum Gasteiger partial charge on any atom is 0.273 e. The molecule has 110 valence electrons. The van der Waals surface area contributed by atoms with Gasteiger partial charge in [0.1, 0.15) is 0 Å². The first-order chi connectivity index (χ1) is 10.0. The molecule has 0 fully saturated rings. The van der Waals surface area contributed by atoms with Crippen molar-refractivity contribution >= 4 is 22.7 Å². The fraction of sp³-hybridized carbons (Fsp3) is 0.250.